The molecule has 1 aromatic rings. The normalized spacial score (nSPS) is 17.5. The van der Waals surface area contributed by atoms with Crippen LogP contribution >= 0.6 is 0 Å². The molecule has 0 saturated carbocycles. The minimum atomic E-state index is -0.484. The minimum absolute atomic E-state index is 0.0874. The van der Waals surface area contributed by atoms with Crippen LogP contribution in [0.2, 0.25) is 0 Å². The van der Waals surface area contributed by atoms with Crippen molar-refractivity contribution in [2.45, 2.75) is 32.8 Å². The standard InChI is InChI=1S/C15H21N3O4/c1-10-6-13(14(18(20)21)7-11(10)2)17-15(19)9-16-8-12-4-3-5-22-12/h6-7,12,16H,3-5,8-9H2,1-2H3,(H,17,19). The van der Waals surface area contributed by atoms with Gasteiger partial charge in [0, 0.05) is 19.2 Å². The first kappa shape index (κ1) is 16.4. The van der Waals surface area contributed by atoms with Crippen LogP contribution in [0.4, 0.5) is 11.4 Å². The SMILES string of the molecule is Cc1cc(NC(=O)CNCC2CCCO2)c([N+](=O)[O-])cc1C. The van der Waals surface area contributed by atoms with Crippen molar-refractivity contribution in [3.05, 3.63) is 33.4 Å². The highest BCUT2D eigenvalue weighted by Crippen LogP contribution is 2.27. The molecule has 2 rings (SSSR count). The first-order valence-corrected chi connectivity index (χ1v) is 7.35. The molecule has 0 aromatic heterocycles. The number of anilines is 1. The van der Waals surface area contributed by atoms with Gasteiger partial charge in [-0.05, 0) is 43.9 Å². The number of amides is 1. The molecule has 120 valence electrons. The molecule has 0 spiro atoms. The molecule has 2 N–H and O–H groups in total. The molecule has 0 bridgehead atoms. The van der Waals surface area contributed by atoms with Gasteiger partial charge < -0.3 is 15.4 Å². The number of nitro groups is 1. The molecule has 0 aliphatic carbocycles. The highest BCUT2D eigenvalue weighted by Gasteiger charge is 2.18. The van der Waals surface area contributed by atoms with E-state index in [-0.39, 0.29) is 29.9 Å². The van der Waals surface area contributed by atoms with Crippen LogP contribution in [0.3, 0.4) is 0 Å². The van der Waals surface area contributed by atoms with E-state index in [0.717, 1.165) is 30.6 Å². The van der Waals surface area contributed by atoms with E-state index < -0.39 is 4.92 Å². The van der Waals surface area contributed by atoms with Gasteiger partial charge in [-0.3, -0.25) is 14.9 Å². The van der Waals surface area contributed by atoms with Gasteiger partial charge in [0.05, 0.1) is 17.6 Å². The number of benzene rings is 1. The summed E-state index contributed by atoms with van der Waals surface area (Å²) in [6.45, 7) is 5.14. The van der Waals surface area contributed by atoms with Crippen molar-refractivity contribution in [3.63, 3.8) is 0 Å². The first-order chi connectivity index (χ1) is 10.5. The zero-order chi connectivity index (χ0) is 16.1. The average Bonchev–Trinajstić information content (AvgIpc) is 2.95. The Morgan fingerprint density at radius 3 is 2.77 bits per heavy atom. The van der Waals surface area contributed by atoms with E-state index in [2.05, 4.69) is 10.6 Å². The molecule has 1 aliphatic heterocycles. The number of nitrogens with zero attached hydrogens (tertiary/aromatic N) is 1. The summed E-state index contributed by atoms with van der Waals surface area (Å²) in [7, 11) is 0. The van der Waals surface area contributed by atoms with Crippen LogP contribution < -0.4 is 10.6 Å². The molecule has 7 nitrogen and oxygen atoms in total. The molecule has 1 atom stereocenters. The summed E-state index contributed by atoms with van der Waals surface area (Å²) < 4.78 is 5.45. The van der Waals surface area contributed by atoms with Crippen LogP contribution in [0.15, 0.2) is 12.1 Å². The van der Waals surface area contributed by atoms with Crippen molar-refractivity contribution in [2.75, 3.05) is 25.0 Å². The largest absolute Gasteiger partial charge is 0.377 e. The zero-order valence-corrected chi connectivity index (χ0v) is 12.8. The van der Waals surface area contributed by atoms with E-state index in [4.69, 9.17) is 4.74 Å². The quantitative estimate of drug-likeness (QED) is 0.618. The van der Waals surface area contributed by atoms with Gasteiger partial charge in [-0.1, -0.05) is 0 Å². The number of carbonyl (C=O) groups excluding carboxylic acids is 1. The van der Waals surface area contributed by atoms with Crippen molar-refractivity contribution < 1.29 is 14.5 Å². The fraction of sp³-hybridized carbons (Fsp3) is 0.533. The first-order valence-electron chi connectivity index (χ1n) is 7.35. The lowest BCUT2D eigenvalue weighted by Gasteiger charge is -2.12. The Labute approximate surface area is 129 Å². The lowest BCUT2D eigenvalue weighted by atomic mass is 10.1. The average molecular weight is 307 g/mol. The third-order valence-corrected chi connectivity index (χ3v) is 3.76. The molecule has 1 fully saturated rings. The highest BCUT2D eigenvalue weighted by atomic mass is 16.6. The maximum Gasteiger partial charge on any atom is 0.293 e. The minimum Gasteiger partial charge on any atom is -0.377 e. The molecule has 1 amide bonds. The second kappa shape index (κ2) is 7.33. The van der Waals surface area contributed by atoms with Gasteiger partial charge in [0.2, 0.25) is 5.91 Å². The van der Waals surface area contributed by atoms with Gasteiger partial charge in [-0.2, -0.15) is 0 Å². The number of hydrogen-bond acceptors (Lipinski definition) is 5. The lowest BCUT2D eigenvalue weighted by Crippen LogP contribution is -2.33. The van der Waals surface area contributed by atoms with E-state index in [1.165, 1.54) is 6.07 Å². The van der Waals surface area contributed by atoms with E-state index in [1.807, 2.05) is 6.92 Å². The Hall–Kier alpha value is -1.99. The number of nitrogens with one attached hydrogen (secondary N) is 2. The molecule has 1 saturated heterocycles. The maximum atomic E-state index is 11.9. The number of rotatable bonds is 6. The molecular weight excluding hydrogens is 286 g/mol. The number of aryl methyl sites for hydroxylation is 2. The Kier molecular flexibility index (Phi) is 5.46. The van der Waals surface area contributed by atoms with E-state index in [9.17, 15) is 14.9 Å². The van der Waals surface area contributed by atoms with Crippen molar-refractivity contribution in [2.24, 2.45) is 0 Å². The number of ether oxygens (including phenoxy) is 1. The van der Waals surface area contributed by atoms with Crippen LogP contribution in [-0.2, 0) is 9.53 Å². The van der Waals surface area contributed by atoms with E-state index in [1.54, 1.807) is 13.0 Å². The molecule has 7 heteroatoms. The van der Waals surface area contributed by atoms with Gasteiger partial charge in [-0.15, -0.1) is 0 Å². The van der Waals surface area contributed by atoms with Crippen molar-refractivity contribution in [3.8, 4) is 0 Å². The van der Waals surface area contributed by atoms with Crippen LogP contribution in [0.1, 0.15) is 24.0 Å². The summed E-state index contributed by atoms with van der Waals surface area (Å²) in [5, 5.41) is 16.7. The van der Waals surface area contributed by atoms with E-state index >= 15 is 0 Å². The summed E-state index contributed by atoms with van der Waals surface area (Å²) in [4.78, 5) is 22.5. The fourth-order valence-corrected chi connectivity index (χ4v) is 2.40. The Balaban J connectivity index is 1.92. The monoisotopic (exact) mass is 307 g/mol. The Morgan fingerprint density at radius 1 is 1.41 bits per heavy atom. The molecule has 1 aromatic carbocycles. The van der Waals surface area contributed by atoms with Gasteiger partial charge in [0.15, 0.2) is 0 Å². The second-order valence-electron chi connectivity index (χ2n) is 5.52. The third kappa shape index (κ3) is 4.25. The maximum absolute atomic E-state index is 11.9. The smallest absolute Gasteiger partial charge is 0.293 e. The number of carbonyl (C=O) groups is 1. The highest BCUT2D eigenvalue weighted by molar-refractivity contribution is 5.94. The second-order valence-corrected chi connectivity index (χ2v) is 5.52. The molecule has 0 radical (unpaired) electrons. The van der Waals surface area contributed by atoms with Gasteiger partial charge >= 0.3 is 0 Å². The molecule has 22 heavy (non-hydrogen) atoms. The van der Waals surface area contributed by atoms with Crippen molar-refractivity contribution >= 4 is 17.3 Å². The molecule has 1 heterocycles. The number of hydrogen-bond donors (Lipinski definition) is 2. The van der Waals surface area contributed by atoms with Crippen LogP contribution in [-0.4, -0.2) is 36.6 Å². The van der Waals surface area contributed by atoms with Crippen molar-refractivity contribution in [1.29, 1.82) is 0 Å². The summed E-state index contributed by atoms with van der Waals surface area (Å²) >= 11 is 0. The Morgan fingerprint density at radius 2 is 2.14 bits per heavy atom. The molecule has 1 unspecified atom stereocenters. The Bertz CT molecular complexity index is 568. The van der Waals surface area contributed by atoms with Crippen LogP contribution in [0.5, 0.6) is 0 Å². The summed E-state index contributed by atoms with van der Waals surface area (Å²) in [5.74, 6) is -0.302. The number of nitro benzene ring substituents is 1. The van der Waals surface area contributed by atoms with E-state index in [0.29, 0.717) is 6.54 Å². The van der Waals surface area contributed by atoms with Crippen molar-refractivity contribution in [1.82, 2.24) is 5.32 Å². The third-order valence-electron chi connectivity index (χ3n) is 3.76. The topological polar surface area (TPSA) is 93.5 Å². The predicted molar refractivity (Wildman–Crippen MR) is 83.0 cm³/mol. The summed E-state index contributed by atoms with van der Waals surface area (Å²) in [6.07, 6.45) is 2.20. The lowest BCUT2D eigenvalue weighted by molar-refractivity contribution is -0.384. The molecular formula is C15H21N3O4. The van der Waals surface area contributed by atoms with Gasteiger partial charge in [-0.25, -0.2) is 0 Å². The fourth-order valence-electron chi connectivity index (χ4n) is 2.40. The predicted octanol–water partition coefficient (Wildman–Crippen LogP) is 1.92. The molecule has 1 aliphatic rings. The van der Waals surface area contributed by atoms with Crippen LogP contribution in [0, 0.1) is 24.0 Å². The van der Waals surface area contributed by atoms with Gasteiger partial charge in [0.1, 0.15) is 5.69 Å². The zero-order valence-electron chi connectivity index (χ0n) is 12.8. The summed E-state index contributed by atoms with van der Waals surface area (Å²) in [5.41, 5.74) is 1.86. The summed E-state index contributed by atoms with van der Waals surface area (Å²) in [6, 6.07) is 3.11. The van der Waals surface area contributed by atoms with Crippen LogP contribution in [0.25, 0.3) is 0 Å². The van der Waals surface area contributed by atoms with Gasteiger partial charge in [0.25, 0.3) is 5.69 Å².